The van der Waals surface area contributed by atoms with Crippen molar-refractivity contribution < 1.29 is 32.1 Å². The molecule has 164 valence electrons. The van der Waals surface area contributed by atoms with Crippen molar-refractivity contribution in [1.82, 2.24) is 5.16 Å². The Morgan fingerprint density at radius 2 is 1.78 bits per heavy atom. The summed E-state index contributed by atoms with van der Waals surface area (Å²) in [6.07, 6.45) is 0. The van der Waals surface area contributed by atoms with E-state index in [1.165, 1.54) is 30.3 Å². The van der Waals surface area contributed by atoms with Crippen molar-refractivity contribution >= 4 is 33.4 Å². The van der Waals surface area contributed by atoms with Crippen molar-refractivity contribution in [3.05, 3.63) is 70.9 Å². The minimum atomic E-state index is -3.99. The zero-order valence-electron chi connectivity index (χ0n) is 17.1. The average Bonchev–Trinajstić information content (AvgIpc) is 3.24. The van der Waals surface area contributed by atoms with E-state index in [2.05, 4.69) is 10.5 Å². The van der Waals surface area contributed by atoms with Crippen LogP contribution in [0, 0.1) is 0 Å². The third kappa shape index (κ3) is 3.80. The number of hydrogen-bond donors (Lipinski definition) is 1. The summed E-state index contributed by atoms with van der Waals surface area (Å²) in [5.74, 6) is -1.78. The fourth-order valence-electron chi connectivity index (χ4n) is 3.22. The van der Waals surface area contributed by atoms with Crippen LogP contribution < -0.4 is 5.32 Å². The number of amides is 1. The third-order valence-corrected chi connectivity index (χ3v) is 6.74. The van der Waals surface area contributed by atoms with Crippen LogP contribution in [0.2, 0.25) is 0 Å². The molecule has 2 heterocycles. The van der Waals surface area contributed by atoms with Crippen molar-refractivity contribution in [2.24, 2.45) is 0 Å². The molecule has 3 aromatic rings. The van der Waals surface area contributed by atoms with Crippen LogP contribution in [-0.2, 0) is 19.4 Å². The van der Waals surface area contributed by atoms with Crippen LogP contribution in [0.15, 0.2) is 62.8 Å². The number of carbonyl (C=O) groups excluding carboxylic acids is 3. The Balaban J connectivity index is 1.49. The maximum Gasteiger partial charge on any atom is 0.338 e. The number of nitrogens with zero attached hydrogens (tertiary/aromatic N) is 1. The first-order valence-electron chi connectivity index (χ1n) is 9.65. The lowest BCUT2D eigenvalue weighted by Crippen LogP contribution is -2.22. The third-order valence-electron chi connectivity index (χ3n) is 4.89. The van der Waals surface area contributed by atoms with Crippen LogP contribution in [0.25, 0.3) is 0 Å². The molecule has 1 aliphatic rings. The molecule has 0 spiro atoms. The van der Waals surface area contributed by atoms with E-state index in [1.807, 2.05) is 13.8 Å². The van der Waals surface area contributed by atoms with Gasteiger partial charge in [-0.25, -0.2) is 13.2 Å². The van der Waals surface area contributed by atoms with Gasteiger partial charge >= 0.3 is 5.97 Å². The average molecular weight is 454 g/mol. The zero-order chi connectivity index (χ0) is 23.0. The number of anilines is 1. The van der Waals surface area contributed by atoms with Crippen LogP contribution >= 0.6 is 0 Å². The molecule has 4 rings (SSSR count). The number of fused-ring (bicyclic) bond motifs is 2. The van der Waals surface area contributed by atoms with Gasteiger partial charge in [-0.1, -0.05) is 31.1 Å². The van der Waals surface area contributed by atoms with E-state index in [1.54, 1.807) is 12.1 Å². The molecule has 0 fully saturated rings. The Morgan fingerprint density at radius 3 is 2.50 bits per heavy atom. The standard InChI is InChI=1S/C22H18N2O7S/c1-12(2)16-10-20(31-24-16)23-19(25)11-30-22(27)13-7-8-15-18(9-13)32(28,29)17-6-4-3-5-14(17)21(15)26/h3-10,12H,11H2,1-2H3,(H,23,25). The van der Waals surface area contributed by atoms with Gasteiger partial charge in [0.1, 0.15) is 0 Å². The highest BCUT2D eigenvalue weighted by molar-refractivity contribution is 7.91. The molecule has 0 saturated heterocycles. The van der Waals surface area contributed by atoms with Gasteiger partial charge in [-0.2, -0.15) is 0 Å². The molecule has 0 atom stereocenters. The molecule has 9 nitrogen and oxygen atoms in total. The van der Waals surface area contributed by atoms with Gasteiger partial charge in [0.25, 0.3) is 5.91 Å². The number of benzene rings is 2. The molecule has 0 saturated carbocycles. The minimum Gasteiger partial charge on any atom is -0.452 e. The van der Waals surface area contributed by atoms with E-state index in [0.29, 0.717) is 5.69 Å². The Bertz CT molecular complexity index is 1360. The summed E-state index contributed by atoms with van der Waals surface area (Å²) in [5, 5.41) is 6.22. The first kappa shape index (κ1) is 21.4. The molecule has 1 aliphatic heterocycles. The van der Waals surface area contributed by atoms with Gasteiger partial charge in [-0.3, -0.25) is 14.9 Å². The molecule has 1 N–H and O–H groups in total. The van der Waals surface area contributed by atoms with Gasteiger partial charge in [-0.15, -0.1) is 0 Å². The quantitative estimate of drug-likeness (QED) is 0.455. The summed E-state index contributed by atoms with van der Waals surface area (Å²) in [6.45, 7) is 3.20. The van der Waals surface area contributed by atoms with E-state index >= 15 is 0 Å². The molecule has 1 amide bonds. The van der Waals surface area contributed by atoms with Gasteiger partial charge in [0.2, 0.25) is 15.7 Å². The summed E-state index contributed by atoms with van der Waals surface area (Å²) in [6, 6.07) is 11.1. The van der Waals surface area contributed by atoms with E-state index in [9.17, 15) is 22.8 Å². The molecule has 0 aliphatic carbocycles. The highest BCUT2D eigenvalue weighted by Crippen LogP contribution is 2.34. The second-order valence-electron chi connectivity index (χ2n) is 7.43. The zero-order valence-corrected chi connectivity index (χ0v) is 17.9. The lowest BCUT2D eigenvalue weighted by Gasteiger charge is -2.19. The molecule has 1 aromatic heterocycles. The Hall–Kier alpha value is -3.79. The van der Waals surface area contributed by atoms with Gasteiger partial charge in [0.05, 0.1) is 21.0 Å². The number of hydrogen-bond acceptors (Lipinski definition) is 8. The van der Waals surface area contributed by atoms with Gasteiger partial charge in [-0.05, 0) is 36.2 Å². The van der Waals surface area contributed by atoms with Crippen molar-refractivity contribution in [3.63, 3.8) is 0 Å². The SMILES string of the molecule is CC(C)c1cc(NC(=O)COC(=O)c2ccc3c(c2)S(=O)(=O)c2ccccc2C3=O)on1. The largest absolute Gasteiger partial charge is 0.452 e. The number of sulfone groups is 1. The first-order chi connectivity index (χ1) is 15.2. The number of esters is 1. The smallest absolute Gasteiger partial charge is 0.338 e. The van der Waals surface area contributed by atoms with Gasteiger partial charge < -0.3 is 9.26 Å². The fourth-order valence-corrected chi connectivity index (χ4v) is 4.90. The van der Waals surface area contributed by atoms with Crippen molar-refractivity contribution in [1.29, 1.82) is 0 Å². The highest BCUT2D eigenvalue weighted by Gasteiger charge is 2.35. The number of carbonyl (C=O) groups is 3. The van der Waals surface area contributed by atoms with Crippen molar-refractivity contribution in [2.45, 2.75) is 29.6 Å². The van der Waals surface area contributed by atoms with Crippen LogP contribution in [0.4, 0.5) is 5.88 Å². The molecule has 0 bridgehead atoms. The number of rotatable bonds is 5. The molecular weight excluding hydrogens is 436 g/mol. The Morgan fingerprint density at radius 1 is 1.06 bits per heavy atom. The predicted octanol–water partition coefficient (Wildman–Crippen LogP) is 2.97. The second kappa shape index (κ2) is 8.04. The van der Waals surface area contributed by atoms with E-state index < -0.39 is 34.1 Å². The summed E-state index contributed by atoms with van der Waals surface area (Å²) < 4.78 is 35.9. The molecular formula is C22H18N2O7S. The Kier molecular flexibility index (Phi) is 5.39. The fraction of sp³-hybridized carbons (Fsp3) is 0.182. The Labute approximate surface area is 183 Å². The first-order valence-corrected chi connectivity index (χ1v) is 11.1. The summed E-state index contributed by atoms with van der Waals surface area (Å²) in [4.78, 5) is 36.7. The lowest BCUT2D eigenvalue weighted by atomic mass is 10.0. The van der Waals surface area contributed by atoms with Crippen LogP contribution in [0.1, 0.15) is 51.7 Å². The van der Waals surface area contributed by atoms with E-state index in [0.717, 1.165) is 6.07 Å². The highest BCUT2D eigenvalue weighted by atomic mass is 32.2. The van der Waals surface area contributed by atoms with Crippen LogP contribution in [-0.4, -0.2) is 37.8 Å². The minimum absolute atomic E-state index is 0.0238. The molecule has 32 heavy (non-hydrogen) atoms. The predicted molar refractivity (Wildman–Crippen MR) is 111 cm³/mol. The monoisotopic (exact) mass is 454 g/mol. The van der Waals surface area contributed by atoms with Crippen molar-refractivity contribution in [3.8, 4) is 0 Å². The van der Waals surface area contributed by atoms with E-state index in [4.69, 9.17) is 9.26 Å². The van der Waals surface area contributed by atoms with Crippen LogP contribution in [0.3, 0.4) is 0 Å². The molecule has 10 heteroatoms. The van der Waals surface area contributed by atoms with Gasteiger partial charge in [0, 0.05) is 17.2 Å². The van der Waals surface area contributed by atoms with Crippen molar-refractivity contribution in [2.75, 3.05) is 11.9 Å². The summed E-state index contributed by atoms with van der Waals surface area (Å²) in [5.41, 5.74) is 0.613. The van der Waals surface area contributed by atoms with Crippen LogP contribution in [0.5, 0.6) is 0 Å². The summed E-state index contributed by atoms with van der Waals surface area (Å²) in [7, 11) is -3.99. The maximum absolute atomic E-state index is 13.0. The number of aromatic nitrogens is 1. The molecule has 0 unspecified atom stereocenters. The number of ketones is 1. The summed E-state index contributed by atoms with van der Waals surface area (Å²) >= 11 is 0. The topological polar surface area (TPSA) is 133 Å². The van der Waals surface area contributed by atoms with E-state index in [-0.39, 0.29) is 38.3 Å². The number of ether oxygens (including phenoxy) is 1. The molecule has 2 aromatic carbocycles. The normalized spacial score (nSPS) is 13.9. The number of nitrogens with one attached hydrogen (secondary N) is 1. The maximum atomic E-state index is 13.0. The molecule has 0 radical (unpaired) electrons. The lowest BCUT2D eigenvalue weighted by molar-refractivity contribution is -0.119. The second-order valence-corrected chi connectivity index (χ2v) is 9.32. The van der Waals surface area contributed by atoms with Gasteiger partial charge in [0.15, 0.2) is 12.4 Å².